The highest BCUT2D eigenvalue weighted by molar-refractivity contribution is 7.92. The minimum absolute atomic E-state index is 0.159. The van der Waals surface area contributed by atoms with E-state index >= 15 is 0 Å². The Labute approximate surface area is 122 Å². The summed E-state index contributed by atoms with van der Waals surface area (Å²) < 4.78 is 23.2. The van der Waals surface area contributed by atoms with E-state index in [0.717, 1.165) is 12.8 Å². The topological polar surface area (TPSA) is 57.7 Å². The van der Waals surface area contributed by atoms with Gasteiger partial charge in [-0.3, -0.25) is 4.79 Å². The van der Waals surface area contributed by atoms with E-state index in [1.807, 2.05) is 14.1 Å². The van der Waals surface area contributed by atoms with Crippen molar-refractivity contribution in [1.82, 2.24) is 9.80 Å². The molecule has 20 heavy (non-hydrogen) atoms. The van der Waals surface area contributed by atoms with Gasteiger partial charge in [0.05, 0.1) is 0 Å². The van der Waals surface area contributed by atoms with Gasteiger partial charge in [0.2, 0.25) is 5.91 Å². The molecule has 0 aromatic rings. The number of likely N-dealkylation sites (N-methyl/N-ethyl adjacent to an activating group) is 1. The lowest BCUT2D eigenvalue weighted by molar-refractivity contribution is -0.133. The summed E-state index contributed by atoms with van der Waals surface area (Å²) in [5, 5.41) is 0. The molecule has 5 nitrogen and oxygen atoms in total. The molecule has 2 fully saturated rings. The smallest absolute Gasteiger partial charge is 0.244 e. The largest absolute Gasteiger partial charge is 0.339 e. The van der Waals surface area contributed by atoms with Crippen LogP contribution in [0.15, 0.2) is 0 Å². The molecule has 0 unspecified atom stereocenters. The minimum atomic E-state index is -3.36. The second-order valence-corrected chi connectivity index (χ2v) is 9.02. The van der Waals surface area contributed by atoms with Gasteiger partial charge < -0.3 is 9.80 Å². The molecule has 0 bridgehead atoms. The average molecular weight is 302 g/mol. The molecule has 1 saturated heterocycles. The second-order valence-electron chi connectivity index (χ2n) is 6.69. The van der Waals surface area contributed by atoms with E-state index < -0.39 is 14.6 Å². The van der Waals surface area contributed by atoms with Gasteiger partial charge in [-0.15, -0.1) is 0 Å². The van der Waals surface area contributed by atoms with E-state index in [1.165, 1.54) is 6.26 Å². The van der Waals surface area contributed by atoms with Crippen LogP contribution in [-0.4, -0.2) is 68.4 Å². The molecule has 1 saturated carbocycles. The first-order valence-corrected chi connectivity index (χ1v) is 9.23. The molecule has 1 heterocycles. The molecular formula is C14H26N2O3S. The summed E-state index contributed by atoms with van der Waals surface area (Å²) in [6.07, 6.45) is 3.86. The summed E-state index contributed by atoms with van der Waals surface area (Å²) in [6.45, 7) is 3.43. The van der Waals surface area contributed by atoms with Gasteiger partial charge in [0.1, 0.15) is 0 Å². The Bertz CT molecular complexity index is 481. The van der Waals surface area contributed by atoms with Gasteiger partial charge in [-0.2, -0.15) is 0 Å². The molecule has 2 atom stereocenters. The van der Waals surface area contributed by atoms with Crippen LogP contribution < -0.4 is 0 Å². The SMILES string of the molecule is C[C@@H]1CN(C(=O)C2(S(C)(=O)=O)CCCC2)C[C@H]1N(C)C. The van der Waals surface area contributed by atoms with Crippen LogP contribution in [0.4, 0.5) is 0 Å². The first-order chi connectivity index (χ1) is 9.19. The van der Waals surface area contributed by atoms with Gasteiger partial charge in [-0.05, 0) is 32.9 Å². The Balaban J connectivity index is 2.23. The molecule has 2 rings (SSSR count). The van der Waals surface area contributed by atoms with Gasteiger partial charge in [0, 0.05) is 25.4 Å². The highest BCUT2D eigenvalue weighted by Crippen LogP contribution is 2.39. The van der Waals surface area contributed by atoms with Crippen LogP contribution in [0.25, 0.3) is 0 Å². The number of hydrogen-bond acceptors (Lipinski definition) is 4. The zero-order chi connectivity index (χ0) is 15.1. The molecule has 1 aliphatic carbocycles. The fourth-order valence-corrected chi connectivity index (χ4v) is 5.24. The van der Waals surface area contributed by atoms with E-state index in [0.29, 0.717) is 37.9 Å². The summed E-state index contributed by atoms with van der Waals surface area (Å²) >= 11 is 0. The average Bonchev–Trinajstić information content (AvgIpc) is 2.93. The fraction of sp³-hybridized carbons (Fsp3) is 0.929. The van der Waals surface area contributed by atoms with Gasteiger partial charge in [-0.25, -0.2) is 8.42 Å². The number of carbonyl (C=O) groups is 1. The number of amides is 1. The second kappa shape index (κ2) is 5.30. The van der Waals surface area contributed by atoms with Gasteiger partial charge in [0.25, 0.3) is 0 Å². The fourth-order valence-electron chi connectivity index (χ4n) is 3.77. The molecule has 0 aromatic carbocycles. The van der Waals surface area contributed by atoms with Crippen molar-refractivity contribution in [2.75, 3.05) is 33.4 Å². The lowest BCUT2D eigenvalue weighted by Crippen LogP contribution is -2.51. The van der Waals surface area contributed by atoms with E-state index in [4.69, 9.17) is 0 Å². The van der Waals surface area contributed by atoms with Gasteiger partial charge >= 0.3 is 0 Å². The van der Waals surface area contributed by atoms with Crippen LogP contribution in [0.5, 0.6) is 0 Å². The zero-order valence-electron chi connectivity index (χ0n) is 12.9. The van der Waals surface area contributed by atoms with Crippen LogP contribution >= 0.6 is 0 Å². The first-order valence-electron chi connectivity index (χ1n) is 7.34. The monoisotopic (exact) mass is 302 g/mol. The maximum Gasteiger partial charge on any atom is 0.244 e. The third-order valence-electron chi connectivity index (χ3n) is 5.03. The first kappa shape index (κ1) is 15.8. The highest BCUT2D eigenvalue weighted by atomic mass is 32.2. The third-order valence-corrected chi connectivity index (χ3v) is 7.04. The Kier molecular flexibility index (Phi) is 4.17. The maximum absolute atomic E-state index is 12.9. The number of hydrogen-bond donors (Lipinski definition) is 0. The standard InChI is InChI=1S/C14H26N2O3S/c1-11-9-16(10-12(11)15(2)3)13(17)14(20(4,18)19)7-5-6-8-14/h11-12H,5-10H2,1-4H3/t11-,12-/m1/s1. The Morgan fingerprint density at radius 3 is 2.15 bits per heavy atom. The predicted octanol–water partition coefficient (Wildman–Crippen LogP) is 0.752. The number of rotatable bonds is 3. The lowest BCUT2D eigenvalue weighted by Gasteiger charge is -2.31. The molecule has 116 valence electrons. The zero-order valence-corrected chi connectivity index (χ0v) is 13.7. The maximum atomic E-state index is 12.9. The summed E-state index contributed by atoms with van der Waals surface area (Å²) in [6, 6.07) is 0.317. The van der Waals surface area contributed by atoms with Crippen LogP contribution in [0.1, 0.15) is 32.6 Å². The Hall–Kier alpha value is -0.620. The van der Waals surface area contributed by atoms with Crippen molar-refractivity contribution in [1.29, 1.82) is 0 Å². The third kappa shape index (κ3) is 2.48. The number of likely N-dealkylation sites (tertiary alicyclic amines) is 1. The van der Waals surface area contributed by atoms with Crippen molar-refractivity contribution in [2.24, 2.45) is 5.92 Å². The number of carbonyl (C=O) groups excluding carboxylic acids is 1. The highest BCUT2D eigenvalue weighted by Gasteiger charge is 2.53. The van der Waals surface area contributed by atoms with Crippen molar-refractivity contribution in [2.45, 2.75) is 43.4 Å². The van der Waals surface area contributed by atoms with Crippen molar-refractivity contribution < 1.29 is 13.2 Å². The molecule has 0 radical (unpaired) electrons. The minimum Gasteiger partial charge on any atom is -0.339 e. The summed E-state index contributed by atoms with van der Waals surface area (Å²) in [5.74, 6) is 0.223. The Morgan fingerprint density at radius 1 is 1.20 bits per heavy atom. The molecule has 0 spiro atoms. The normalized spacial score (nSPS) is 30.1. The van der Waals surface area contributed by atoms with Crippen molar-refractivity contribution >= 4 is 15.7 Å². The molecule has 0 N–H and O–H groups in total. The van der Waals surface area contributed by atoms with Crippen LogP contribution in [0.3, 0.4) is 0 Å². The molecule has 1 aliphatic heterocycles. The van der Waals surface area contributed by atoms with E-state index in [1.54, 1.807) is 4.90 Å². The molecular weight excluding hydrogens is 276 g/mol. The van der Waals surface area contributed by atoms with Gasteiger partial charge in [-0.1, -0.05) is 19.8 Å². The van der Waals surface area contributed by atoms with Crippen molar-refractivity contribution in [3.05, 3.63) is 0 Å². The Morgan fingerprint density at radius 2 is 1.75 bits per heavy atom. The van der Waals surface area contributed by atoms with Crippen LogP contribution in [0, 0.1) is 5.92 Å². The van der Waals surface area contributed by atoms with Crippen LogP contribution in [0.2, 0.25) is 0 Å². The van der Waals surface area contributed by atoms with E-state index in [9.17, 15) is 13.2 Å². The summed E-state index contributed by atoms with van der Waals surface area (Å²) in [4.78, 5) is 16.8. The quantitative estimate of drug-likeness (QED) is 0.772. The molecule has 0 aromatic heterocycles. The van der Waals surface area contributed by atoms with E-state index in [-0.39, 0.29) is 5.91 Å². The number of nitrogens with zero attached hydrogens (tertiary/aromatic N) is 2. The van der Waals surface area contributed by atoms with Crippen molar-refractivity contribution in [3.8, 4) is 0 Å². The lowest BCUT2D eigenvalue weighted by atomic mass is 10.1. The number of sulfone groups is 1. The predicted molar refractivity (Wildman–Crippen MR) is 79.3 cm³/mol. The van der Waals surface area contributed by atoms with Crippen LogP contribution in [-0.2, 0) is 14.6 Å². The van der Waals surface area contributed by atoms with E-state index in [2.05, 4.69) is 11.8 Å². The molecule has 2 aliphatic rings. The van der Waals surface area contributed by atoms with Crippen molar-refractivity contribution in [3.63, 3.8) is 0 Å². The summed E-state index contributed by atoms with van der Waals surface area (Å²) in [7, 11) is 0.661. The molecule has 6 heteroatoms. The molecule has 1 amide bonds. The summed E-state index contributed by atoms with van der Waals surface area (Å²) in [5.41, 5.74) is 0. The van der Waals surface area contributed by atoms with Gasteiger partial charge in [0.15, 0.2) is 14.6 Å².